The molecule has 3 rings (SSSR count). The Morgan fingerprint density at radius 2 is 2.00 bits per heavy atom. The van der Waals surface area contributed by atoms with Crippen molar-refractivity contribution in [3.05, 3.63) is 55.1 Å². The van der Waals surface area contributed by atoms with E-state index in [9.17, 15) is 13.2 Å². The number of benzene rings is 2. The number of fused-ring (bicyclic) bond motifs is 1. The highest BCUT2D eigenvalue weighted by atomic mass is 32.2. The molecule has 10 heteroatoms. The number of anilines is 1. The predicted molar refractivity (Wildman–Crippen MR) is 122 cm³/mol. The van der Waals surface area contributed by atoms with Crippen LogP contribution in [0, 0.1) is 0 Å². The second kappa shape index (κ2) is 9.69. The summed E-state index contributed by atoms with van der Waals surface area (Å²) < 4.78 is 31.3. The van der Waals surface area contributed by atoms with E-state index >= 15 is 0 Å². The van der Waals surface area contributed by atoms with Gasteiger partial charge in [-0.05, 0) is 30.3 Å². The number of sulfonamides is 1. The van der Waals surface area contributed by atoms with Gasteiger partial charge in [-0.3, -0.25) is 4.79 Å². The van der Waals surface area contributed by atoms with Crippen LogP contribution in [0.4, 0.5) is 5.69 Å². The van der Waals surface area contributed by atoms with E-state index in [1.165, 1.54) is 26.2 Å². The zero-order chi connectivity index (χ0) is 21.7. The highest BCUT2D eigenvalue weighted by Gasteiger charge is 2.19. The Kier molecular flexibility index (Phi) is 7.24. The number of nitrogens with one attached hydrogen (secondary N) is 1. The molecular formula is C20H21N3O4S3. The monoisotopic (exact) mass is 463 g/mol. The molecule has 0 aliphatic rings. The van der Waals surface area contributed by atoms with Crippen molar-refractivity contribution < 1.29 is 17.6 Å². The Bertz CT molecular complexity index is 1170. The van der Waals surface area contributed by atoms with Crippen molar-refractivity contribution in [3.8, 4) is 0 Å². The summed E-state index contributed by atoms with van der Waals surface area (Å²) in [5.41, 5.74) is 1.62. The number of hydrogen-bond acceptors (Lipinski definition) is 7. The minimum absolute atomic E-state index is 0.107. The Balaban J connectivity index is 1.67. The van der Waals surface area contributed by atoms with E-state index < -0.39 is 10.0 Å². The molecule has 0 fully saturated rings. The van der Waals surface area contributed by atoms with Crippen molar-refractivity contribution in [2.45, 2.75) is 15.0 Å². The summed E-state index contributed by atoms with van der Waals surface area (Å²) in [6, 6.07) is 12.1. The Labute approximate surface area is 184 Å². The average molecular weight is 464 g/mol. The van der Waals surface area contributed by atoms with E-state index in [1.807, 2.05) is 30.3 Å². The standard InChI is InChI=1S/C20H21N3O4S3/c1-4-11-28-18-8-6-5-7-15(18)21-19(24)13-29-20-22-16-12-14(9-10-17(16)27-20)30(25,26)23(2)3/h4-10,12H,1,11,13H2,2-3H3,(H,21,24). The number of thioether (sulfide) groups is 2. The third-order valence-electron chi connectivity index (χ3n) is 3.96. The predicted octanol–water partition coefficient (Wildman–Crippen LogP) is 4.09. The fraction of sp³-hybridized carbons (Fsp3) is 0.200. The van der Waals surface area contributed by atoms with Crippen molar-refractivity contribution in [1.29, 1.82) is 0 Å². The number of rotatable bonds is 9. The lowest BCUT2D eigenvalue weighted by atomic mass is 10.3. The zero-order valence-corrected chi connectivity index (χ0v) is 18.9. The molecular weight excluding hydrogens is 442 g/mol. The number of carbonyl (C=O) groups excluding carboxylic acids is 1. The van der Waals surface area contributed by atoms with Gasteiger partial charge >= 0.3 is 0 Å². The number of para-hydroxylation sites is 1. The molecule has 0 atom stereocenters. The molecule has 3 aromatic rings. The summed E-state index contributed by atoms with van der Waals surface area (Å²) in [6.45, 7) is 3.71. The lowest BCUT2D eigenvalue weighted by Crippen LogP contribution is -2.22. The first kappa shape index (κ1) is 22.4. The molecule has 1 amide bonds. The van der Waals surface area contributed by atoms with Gasteiger partial charge < -0.3 is 9.73 Å². The van der Waals surface area contributed by atoms with Crippen LogP contribution in [0.1, 0.15) is 0 Å². The van der Waals surface area contributed by atoms with E-state index in [4.69, 9.17) is 4.42 Å². The van der Waals surface area contributed by atoms with Crippen LogP contribution in [0.2, 0.25) is 0 Å². The number of hydrogen-bond donors (Lipinski definition) is 1. The van der Waals surface area contributed by atoms with E-state index in [0.717, 1.165) is 32.4 Å². The lowest BCUT2D eigenvalue weighted by Gasteiger charge is -2.10. The maximum Gasteiger partial charge on any atom is 0.257 e. The smallest absolute Gasteiger partial charge is 0.257 e. The van der Waals surface area contributed by atoms with Crippen LogP contribution < -0.4 is 5.32 Å². The van der Waals surface area contributed by atoms with E-state index in [-0.39, 0.29) is 16.6 Å². The van der Waals surface area contributed by atoms with Gasteiger partial charge in [0.15, 0.2) is 5.58 Å². The van der Waals surface area contributed by atoms with E-state index in [0.29, 0.717) is 16.3 Å². The molecule has 1 aromatic heterocycles. The van der Waals surface area contributed by atoms with Gasteiger partial charge in [0.25, 0.3) is 5.22 Å². The summed E-state index contributed by atoms with van der Waals surface area (Å²) >= 11 is 2.73. The molecule has 158 valence electrons. The molecule has 0 radical (unpaired) electrons. The van der Waals surface area contributed by atoms with Crippen LogP contribution in [-0.2, 0) is 14.8 Å². The van der Waals surface area contributed by atoms with Crippen LogP contribution in [0.25, 0.3) is 11.1 Å². The van der Waals surface area contributed by atoms with Crippen molar-refractivity contribution in [2.75, 3.05) is 30.9 Å². The maximum atomic E-state index is 12.4. The minimum atomic E-state index is -3.56. The molecule has 0 bridgehead atoms. The zero-order valence-electron chi connectivity index (χ0n) is 16.5. The van der Waals surface area contributed by atoms with Crippen molar-refractivity contribution >= 4 is 56.2 Å². The average Bonchev–Trinajstić information content (AvgIpc) is 3.13. The molecule has 2 aromatic carbocycles. The second-order valence-electron chi connectivity index (χ2n) is 6.33. The molecule has 0 unspecified atom stereocenters. The van der Waals surface area contributed by atoms with Gasteiger partial charge in [-0.15, -0.1) is 18.3 Å². The number of carbonyl (C=O) groups is 1. The quantitative estimate of drug-likeness (QED) is 0.377. The van der Waals surface area contributed by atoms with Gasteiger partial charge in [-0.25, -0.2) is 17.7 Å². The van der Waals surface area contributed by atoms with E-state index in [1.54, 1.807) is 17.8 Å². The first-order valence-corrected chi connectivity index (χ1v) is 12.3. The van der Waals surface area contributed by atoms with Crippen LogP contribution in [0.5, 0.6) is 0 Å². The van der Waals surface area contributed by atoms with Crippen molar-refractivity contribution in [1.82, 2.24) is 9.29 Å². The summed E-state index contributed by atoms with van der Waals surface area (Å²) in [7, 11) is -0.621. The highest BCUT2D eigenvalue weighted by Crippen LogP contribution is 2.28. The fourth-order valence-electron chi connectivity index (χ4n) is 2.48. The SMILES string of the molecule is C=CCSc1ccccc1NC(=O)CSc1nc2cc(S(=O)(=O)N(C)C)ccc2o1. The molecule has 1 N–H and O–H groups in total. The van der Waals surface area contributed by atoms with Crippen molar-refractivity contribution in [3.63, 3.8) is 0 Å². The normalized spacial score (nSPS) is 11.7. The number of amides is 1. The summed E-state index contributed by atoms with van der Waals surface area (Å²) in [4.78, 5) is 17.8. The molecule has 0 aliphatic heterocycles. The lowest BCUT2D eigenvalue weighted by molar-refractivity contribution is -0.113. The van der Waals surface area contributed by atoms with Gasteiger partial charge in [0, 0.05) is 24.7 Å². The number of oxazole rings is 1. The van der Waals surface area contributed by atoms with Crippen LogP contribution in [0.15, 0.2) is 74.6 Å². The van der Waals surface area contributed by atoms with E-state index in [2.05, 4.69) is 16.9 Å². The molecule has 7 nitrogen and oxygen atoms in total. The molecule has 0 saturated heterocycles. The summed E-state index contributed by atoms with van der Waals surface area (Å²) in [5, 5.41) is 3.20. The van der Waals surface area contributed by atoms with Gasteiger partial charge in [-0.2, -0.15) is 0 Å². The third kappa shape index (κ3) is 5.25. The molecule has 1 heterocycles. The molecule has 0 spiro atoms. The van der Waals surface area contributed by atoms with Crippen molar-refractivity contribution in [2.24, 2.45) is 0 Å². The topological polar surface area (TPSA) is 92.5 Å². The van der Waals surface area contributed by atoms with Crippen LogP contribution in [0.3, 0.4) is 0 Å². The van der Waals surface area contributed by atoms with Gasteiger partial charge in [-0.1, -0.05) is 30.0 Å². The first-order chi connectivity index (χ1) is 14.3. The largest absolute Gasteiger partial charge is 0.431 e. The second-order valence-corrected chi connectivity index (χ2v) is 10.5. The Hall–Kier alpha value is -2.27. The van der Waals surface area contributed by atoms with Crippen LogP contribution >= 0.6 is 23.5 Å². The fourth-order valence-corrected chi connectivity index (χ4v) is 4.78. The van der Waals surface area contributed by atoms with Gasteiger partial charge in [0.05, 0.1) is 16.3 Å². The summed E-state index contributed by atoms with van der Waals surface area (Å²) in [5.74, 6) is 0.663. The third-order valence-corrected chi connectivity index (χ3v) is 7.67. The Morgan fingerprint density at radius 3 is 2.73 bits per heavy atom. The van der Waals surface area contributed by atoms with Gasteiger partial charge in [0.1, 0.15) is 5.52 Å². The van der Waals surface area contributed by atoms with Gasteiger partial charge in [0.2, 0.25) is 15.9 Å². The molecule has 30 heavy (non-hydrogen) atoms. The molecule has 0 aliphatic carbocycles. The number of aromatic nitrogens is 1. The van der Waals surface area contributed by atoms with Crippen LogP contribution in [-0.4, -0.2) is 49.2 Å². The maximum absolute atomic E-state index is 12.4. The number of nitrogens with zero attached hydrogens (tertiary/aromatic N) is 2. The summed E-state index contributed by atoms with van der Waals surface area (Å²) in [6.07, 6.45) is 1.81. The first-order valence-electron chi connectivity index (χ1n) is 8.90. The highest BCUT2D eigenvalue weighted by molar-refractivity contribution is 8.00. The molecule has 0 saturated carbocycles. The Morgan fingerprint density at radius 1 is 1.23 bits per heavy atom. The minimum Gasteiger partial charge on any atom is -0.431 e.